The number of nitrogens with zero attached hydrogens (tertiary/aromatic N) is 3. The number of hydrogen-bond donors (Lipinski definition) is 1. The highest BCUT2D eigenvalue weighted by atomic mass is 35.5. The van der Waals surface area contributed by atoms with Crippen LogP contribution in [0.1, 0.15) is 19.4 Å². The maximum Gasteiger partial charge on any atom is 0.292 e. The number of para-hydroxylation sites is 1. The molecule has 0 aliphatic heterocycles. The number of anilines is 1. The summed E-state index contributed by atoms with van der Waals surface area (Å²) in [7, 11) is 0. The maximum atomic E-state index is 12.4. The Morgan fingerprint density at radius 3 is 2.61 bits per heavy atom. The van der Waals surface area contributed by atoms with E-state index in [2.05, 4.69) is 15.6 Å². The molecule has 2 aromatic carbocycles. The number of aromatic nitrogens is 2. The monoisotopic (exact) mass is 416 g/mol. The highest BCUT2D eigenvalue weighted by Crippen LogP contribution is 2.26. The first-order chi connectivity index (χ1) is 13.5. The SMILES string of the molecule is CC(C)Oc1ccc(/C=N\Nc2cnn(-c3ccccc3)c(=O)c2Cl)cc1Cl. The second-order valence-electron chi connectivity index (χ2n) is 6.15. The van der Waals surface area contributed by atoms with Gasteiger partial charge in [0.1, 0.15) is 16.5 Å². The van der Waals surface area contributed by atoms with Gasteiger partial charge in [0.05, 0.1) is 29.2 Å². The van der Waals surface area contributed by atoms with Crippen molar-refractivity contribution in [2.75, 3.05) is 5.43 Å². The van der Waals surface area contributed by atoms with Crippen LogP contribution in [0.2, 0.25) is 10.0 Å². The topological polar surface area (TPSA) is 68.5 Å². The van der Waals surface area contributed by atoms with Crippen LogP contribution >= 0.6 is 23.2 Å². The van der Waals surface area contributed by atoms with E-state index >= 15 is 0 Å². The summed E-state index contributed by atoms with van der Waals surface area (Å²) >= 11 is 12.4. The molecular weight excluding hydrogens is 399 g/mol. The van der Waals surface area contributed by atoms with E-state index < -0.39 is 5.56 Å². The Labute approximate surface area is 172 Å². The molecule has 0 amide bonds. The molecule has 0 saturated heterocycles. The summed E-state index contributed by atoms with van der Waals surface area (Å²) in [6, 6.07) is 14.4. The fraction of sp³-hybridized carbons (Fsp3) is 0.150. The predicted molar refractivity (Wildman–Crippen MR) is 113 cm³/mol. The number of hydrogen-bond acceptors (Lipinski definition) is 5. The van der Waals surface area contributed by atoms with Crippen LogP contribution in [0.5, 0.6) is 5.75 Å². The van der Waals surface area contributed by atoms with Gasteiger partial charge < -0.3 is 4.74 Å². The van der Waals surface area contributed by atoms with Gasteiger partial charge in [-0.25, -0.2) is 0 Å². The van der Waals surface area contributed by atoms with Gasteiger partial charge in [-0.2, -0.15) is 14.9 Å². The second kappa shape index (κ2) is 8.91. The van der Waals surface area contributed by atoms with Crippen LogP contribution in [0.25, 0.3) is 5.69 Å². The standard InChI is InChI=1S/C20H18Cl2N4O2/c1-13(2)28-18-9-8-14(10-16(18)21)11-23-25-17-12-24-26(20(27)19(17)22)15-6-4-3-5-7-15/h3-13,25H,1-2H3/b23-11-. The van der Waals surface area contributed by atoms with E-state index in [1.165, 1.54) is 10.9 Å². The molecule has 0 unspecified atom stereocenters. The van der Waals surface area contributed by atoms with Gasteiger partial charge in [0.15, 0.2) is 0 Å². The average Bonchev–Trinajstić information content (AvgIpc) is 2.68. The third kappa shape index (κ3) is 4.71. The highest BCUT2D eigenvalue weighted by molar-refractivity contribution is 6.33. The van der Waals surface area contributed by atoms with E-state index in [0.717, 1.165) is 5.56 Å². The highest BCUT2D eigenvalue weighted by Gasteiger charge is 2.10. The van der Waals surface area contributed by atoms with Crippen molar-refractivity contribution in [1.82, 2.24) is 9.78 Å². The van der Waals surface area contributed by atoms with E-state index in [4.69, 9.17) is 27.9 Å². The molecule has 0 aliphatic rings. The van der Waals surface area contributed by atoms with Crippen molar-refractivity contribution in [1.29, 1.82) is 0 Å². The molecule has 0 atom stereocenters. The lowest BCUT2D eigenvalue weighted by Gasteiger charge is -2.11. The second-order valence-corrected chi connectivity index (χ2v) is 6.94. The molecule has 0 aliphatic carbocycles. The van der Waals surface area contributed by atoms with Crippen LogP contribution in [0, 0.1) is 0 Å². The third-order valence-electron chi connectivity index (χ3n) is 3.64. The number of rotatable bonds is 6. The zero-order chi connectivity index (χ0) is 20.1. The van der Waals surface area contributed by atoms with Crippen LogP contribution < -0.4 is 15.7 Å². The van der Waals surface area contributed by atoms with Crippen molar-refractivity contribution < 1.29 is 4.74 Å². The largest absolute Gasteiger partial charge is 0.489 e. The quantitative estimate of drug-likeness (QED) is 0.463. The van der Waals surface area contributed by atoms with Crippen LogP contribution in [0.15, 0.2) is 64.6 Å². The molecule has 0 spiro atoms. The van der Waals surface area contributed by atoms with Crippen molar-refractivity contribution in [3.8, 4) is 11.4 Å². The maximum absolute atomic E-state index is 12.4. The molecule has 0 bridgehead atoms. The molecule has 6 nitrogen and oxygen atoms in total. The van der Waals surface area contributed by atoms with Crippen molar-refractivity contribution in [2.45, 2.75) is 20.0 Å². The lowest BCUT2D eigenvalue weighted by molar-refractivity contribution is 0.242. The molecule has 144 valence electrons. The molecule has 28 heavy (non-hydrogen) atoms. The summed E-state index contributed by atoms with van der Waals surface area (Å²) in [5, 5.41) is 8.72. The number of ether oxygens (including phenoxy) is 1. The summed E-state index contributed by atoms with van der Waals surface area (Å²) in [6.45, 7) is 3.86. The lowest BCUT2D eigenvalue weighted by atomic mass is 10.2. The number of nitrogens with one attached hydrogen (secondary N) is 1. The van der Waals surface area contributed by atoms with Crippen molar-refractivity contribution in [2.24, 2.45) is 5.10 Å². The zero-order valence-corrected chi connectivity index (χ0v) is 16.8. The van der Waals surface area contributed by atoms with Crippen LogP contribution in [0.3, 0.4) is 0 Å². The molecule has 1 aromatic heterocycles. The lowest BCUT2D eigenvalue weighted by Crippen LogP contribution is -2.22. The fourth-order valence-corrected chi connectivity index (χ4v) is 2.79. The summed E-state index contributed by atoms with van der Waals surface area (Å²) < 4.78 is 6.82. The van der Waals surface area contributed by atoms with Crippen molar-refractivity contribution in [3.63, 3.8) is 0 Å². The van der Waals surface area contributed by atoms with Gasteiger partial charge in [0.2, 0.25) is 0 Å². The number of benzene rings is 2. The Kier molecular flexibility index (Phi) is 6.34. The summed E-state index contributed by atoms with van der Waals surface area (Å²) in [6.07, 6.45) is 3.04. The Hall–Kier alpha value is -2.83. The molecule has 1 N–H and O–H groups in total. The minimum Gasteiger partial charge on any atom is -0.489 e. The van der Waals surface area contributed by atoms with E-state index in [1.807, 2.05) is 38.1 Å². The smallest absolute Gasteiger partial charge is 0.292 e. The normalized spacial score (nSPS) is 11.2. The Morgan fingerprint density at radius 2 is 1.93 bits per heavy atom. The van der Waals surface area contributed by atoms with Crippen LogP contribution in [-0.2, 0) is 0 Å². The Balaban J connectivity index is 1.75. The molecule has 3 aromatic rings. The van der Waals surface area contributed by atoms with Crippen LogP contribution in [0.4, 0.5) is 5.69 Å². The fourth-order valence-electron chi connectivity index (χ4n) is 2.39. The summed E-state index contributed by atoms with van der Waals surface area (Å²) in [5.74, 6) is 0.610. The Morgan fingerprint density at radius 1 is 1.18 bits per heavy atom. The first-order valence-corrected chi connectivity index (χ1v) is 9.30. The van der Waals surface area contributed by atoms with Gasteiger partial charge in [-0.05, 0) is 49.7 Å². The minimum atomic E-state index is -0.439. The molecule has 1 heterocycles. The predicted octanol–water partition coefficient (Wildman–Crippen LogP) is 4.77. The van der Waals surface area contributed by atoms with E-state index in [-0.39, 0.29) is 11.1 Å². The van der Waals surface area contributed by atoms with Crippen molar-refractivity contribution >= 4 is 35.1 Å². The third-order valence-corrected chi connectivity index (χ3v) is 4.30. The summed E-state index contributed by atoms with van der Waals surface area (Å²) in [5.41, 5.74) is 3.99. The zero-order valence-electron chi connectivity index (χ0n) is 15.3. The Bertz CT molecular complexity index is 1050. The molecule has 0 radical (unpaired) electrons. The van der Waals surface area contributed by atoms with Gasteiger partial charge in [0, 0.05) is 0 Å². The molecular formula is C20H18Cl2N4O2. The van der Waals surface area contributed by atoms with Crippen LogP contribution in [-0.4, -0.2) is 22.1 Å². The first-order valence-electron chi connectivity index (χ1n) is 8.54. The van der Waals surface area contributed by atoms with Gasteiger partial charge in [-0.15, -0.1) is 0 Å². The minimum absolute atomic E-state index is 0.00489. The molecule has 0 saturated carbocycles. The van der Waals surface area contributed by atoms with Gasteiger partial charge >= 0.3 is 0 Å². The van der Waals surface area contributed by atoms with Gasteiger partial charge in [0.25, 0.3) is 5.56 Å². The van der Waals surface area contributed by atoms with Gasteiger partial charge in [-0.1, -0.05) is 41.4 Å². The number of hydrazone groups is 1. The summed E-state index contributed by atoms with van der Waals surface area (Å²) in [4.78, 5) is 12.4. The number of halogens is 2. The van der Waals surface area contributed by atoms with E-state index in [0.29, 0.717) is 22.1 Å². The molecule has 8 heteroatoms. The van der Waals surface area contributed by atoms with E-state index in [1.54, 1.807) is 30.5 Å². The molecule has 3 rings (SSSR count). The average molecular weight is 417 g/mol. The molecule has 0 fully saturated rings. The van der Waals surface area contributed by atoms with E-state index in [9.17, 15) is 4.79 Å². The van der Waals surface area contributed by atoms with Crippen molar-refractivity contribution in [3.05, 3.63) is 80.7 Å². The van der Waals surface area contributed by atoms with Gasteiger partial charge in [-0.3, -0.25) is 10.2 Å². The first kappa shape index (κ1) is 19.9.